The number of benzene rings is 2. The van der Waals surface area contributed by atoms with Crippen LogP contribution in [0.1, 0.15) is 20.7 Å². The number of nitro groups is 1. The van der Waals surface area contributed by atoms with E-state index in [2.05, 4.69) is 0 Å². The minimum atomic E-state index is -0.809. The van der Waals surface area contributed by atoms with Crippen molar-refractivity contribution >= 4 is 29.2 Å². The van der Waals surface area contributed by atoms with Gasteiger partial charge in [-0.05, 0) is 36.6 Å². The molecule has 0 atom stereocenters. The maximum absolute atomic E-state index is 12.3. The standard InChI is InChI=1S/C18H15NO7S/c1-27-17-5-3-12(8-13(17)19(22)23)18(21)26-10-14(20)11-2-4-15-16(9-11)25-7-6-24-15/h2-5,8-9H,6-7,10H2,1H3. The van der Waals surface area contributed by atoms with Crippen molar-refractivity contribution in [3.8, 4) is 11.5 Å². The molecule has 0 saturated heterocycles. The lowest BCUT2D eigenvalue weighted by molar-refractivity contribution is -0.387. The van der Waals surface area contributed by atoms with Crippen molar-refractivity contribution in [2.24, 2.45) is 0 Å². The van der Waals surface area contributed by atoms with Crippen molar-refractivity contribution in [1.82, 2.24) is 0 Å². The van der Waals surface area contributed by atoms with Gasteiger partial charge in [-0.2, -0.15) is 0 Å². The number of carbonyl (C=O) groups excluding carboxylic acids is 2. The summed E-state index contributed by atoms with van der Waals surface area (Å²) in [6.45, 7) is 0.348. The van der Waals surface area contributed by atoms with Crippen LogP contribution in [0, 0.1) is 10.1 Å². The second kappa shape index (κ2) is 8.09. The summed E-state index contributed by atoms with van der Waals surface area (Å²) in [6.07, 6.45) is 1.70. The van der Waals surface area contributed by atoms with Gasteiger partial charge in [0.25, 0.3) is 5.69 Å². The SMILES string of the molecule is CSc1ccc(C(=O)OCC(=O)c2ccc3c(c2)OCCO3)cc1[N+](=O)[O-]. The predicted octanol–water partition coefficient (Wildman–Crippen LogP) is 3.13. The summed E-state index contributed by atoms with van der Waals surface area (Å²) >= 11 is 1.20. The number of rotatable bonds is 6. The molecule has 0 aromatic heterocycles. The number of hydrogen-bond acceptors (Lipinski definition) is 8. The van der Waals surface area contributed by atoms with Crippen LogP contribution in [-0.4, -0.2) is 42.8 Å². The smallest absolute Gasteiger partial charge is 0.338 e. The van der Waals surface area contributed by atoms with Gasteiger partial charge in [0.05, 0.1) is 15.4 Å². The molecule has 0 fully saturated rings. The van der Waals surface area contributed by atoms with Gasteiger partial charge in [-0.15, -0.1) is 11.8 Å². The first-order valence-corrected chi connectivity index (χ1v) is 9.14. The van der Waals surface area contributed by atoms with Gasteiger partial charge in [0, 0.05) is 11.6 Å². The molecule has 0 saturated carbocycles. The molecule has 0 bridgehead atoms. The van der Waals surface area contributed by atoms with Gasteiger partial charge in [0.2, 0.25) is 0 Å². The Morgan fingerprint density at radius 1 is 1.11 bits per heavy atom. The molecular formula is C18H15NO7S. The van der Waals surface area contributed by atoms with Crippen molar-refractivity contribution in [3.05, 3.63) is 57.6 Å². The van der Waals surface area contributed by atoms with E-state index in [0.717, 1.165) is 6.07 Å². The zero-order valence-electron chi connectivity index (χ0n) is 14.3. The Labute approximate surface area is 158 Å². The number of ether oxygens (including phenoxy) is 3. The molecular weight excluding hydrogens is 374 g/mol. The van der Waals surface area contributed by atoms with Gasteiger partial charge in [-0.1, -0.05) is 0 Å². The Hall–Kier alpha value is -3.07. The van der Waals surface area contributed by atoms with Gasteiger partial charge in [-0.25, -0.2) is 4.79 Å². The van der Waals surface area contributed by atoms with Crippen LogP contribution < -0.4 is 9.47 Å². The summed E-state index contributed by atoms with van der Waals surface area (Å²) < 4.78 is 15.8. The lowest BCUT2D eigenvalue weighted by Crippen LogP contribution is -2.17. The molecule has 0 unspecified atom stereocenters. The quantitative estimate of drug-likeness (QED) is 0.244. The molecule has 9 heteroatoms. The number of carbonyl (C=O) groups is 2. The molecule has 27 heavy (non-hydrogen) atoms. The van der Waals surface area contributed by atoms with Crippen LogP contribution in [0.25, 0.3) is 0 Å². The van der Waals surface area contributed by atoms with Crippen LogP contribution in [0.2, 0.25) is 0 Å². The topological polar surface area (TPSA) is 105 Å². The first-order chi connectivity index (χ1) is 13.0. The van der Waals surface area contributed by atoms with E-state index < -0.39 is 23.3 Å². The lowest BCUT2D eigenvalue weighted by atomic mass is 10.1. The van der Waals surface area contributed by atoms with Crippen molar-refractivity contribution < 1.29 is 28.7 Å². The molecule has 2 aromatic carbocycles. The average molecular weight is 389 g/mol. The number of ketones is 1. The number of hydrogen-bond donors (Lipinski definition) is 0. The third kappa shape index (κ3) is 4.20. The van der Waals surface area contributed by atoms with E-state index >= 15 is 0 Å². The molecule has 2 aromatic rings. The average Bonchev–Trinajstić information content (AvgIpc) is 2.70. The molecule has 1 aliphatic heterocycles. The van der Waals surface area contributed by atoms with Crippen molar-refractivity contribution in [2.45, 2.75) is 4.90 Å². The van der Waals surface area contributed by atoms with E-state index in [1.165, 1.54) is 30.0 Å². The largest absolute Gasteiger partial charge is 0.486 e. The molecule has 0 N–H and O–H groups in total. The van der Waals surface area contributed by atoms with Crippen LogP contribution in [0.4, 0.5) is 5.69 Å². The normalized spacial score (nSPS) is 12.3. The minimum Gasteiger partial charge on any atom is -0.486 e. The molecule has 8 nitrogen and oxygen atoms in total. The highest BCUT2D eigenvalue weighted by atomic mass is 32.2. The second-order valence-electron chi connectivity index (χ2n) is 5.50. The number of fused-ring (bicyclic) bond motifs is 1. The van der Waals surface area contributed by atoms with E-state index in [4.69, 9.17) is 14.2 Å². The summed E-state index contributed by atoms with van der Waals surface area (Å²) in [6, 6.07) is 8.75. The Morgan fingerprint density at radius 3 is 2.52 bits per heavy atom. The van der Waals surface area contributed by atoms with Crippen LogP contribution in [0.5, 0.6) is 11.5 Å². The van der Waals surface area contributed by atoms with Crippen molar-refractivity contribution in [3.63, 3.8) is 0 Å². The molecule has 140 valence electrons. The summed E-state index contributed by atoms with van der Waals surface area (Å²) in [4.78, 5) is 35.4. The third-order valence-corrected chi connectivity index (χ3v) is 4.59. The summed E-state index contributed by atoms with van der Waals surface area (Å²) in [5, 5.41) is 11.1. The van der Waals surface area contributed by atoms with E-state index in [1.54, 1.807) is 18.4 Å². The number of Topliss-reactive ketones (excluding diaryl/α,β-unsaturated/α-hetero) is 1. The van der Waals surface area contributed by atoms with E-state index in [9.17, 15) is 19.7 Å². The van der Waals surface area contributed by atoms with E-state index in [-0.39, 0.29) is 11.3 Å². The van der Waals surface area contributed by atoms with E-state index in [0.29, 0.717) is 35.2 Å². The zero-order chi connectivity index (χ0) is 19.4. The minimum absolute atomic E-state index is 0.00877. The fourth-order valence-electron chi connectivity index (χ4n) is 2.47. The molecule has 0 aliphatic carbocycles. The van der Waals surface area contributed by atoms with Gasteiger partial charge >= 0.3 is 5.97 Å². The van der Waals surface area contributed by atoms with Crippen molar-refractivity contribution in [2.75, 3.05) is 26.1 Å². The summed E-state index contributed by atoms with van der Waals surface area (Å²) in [5.74, 6) is -0.218. The molecule has 1 aliphatic rings. The van der Waals surface area contributed by atoms with Gasteiger partial charge in [-0.3, -0.25) is 14.9 Å². The molecule has 0 spiro atoms. The molecule has 0 radical (unpaired) electrons. The Bertz CT molecular complexity index is 913. The number of nitrogens with zero attached hydrogens (tertiary/aromatic N) is 1. The third-order valence-electron chi connectivity index (χ3n) is 3.81. The highest BCUT2D eigenvalue weighted by molar-refractivity contribution is 7.98. The van der Waals surface area contributed by atoms with Gasteiger partial charge < -0.3 is 14.2 Å². The zero-order valence-corrected chi connectivity index (χ0v) is 15.1. The van der Waals surface area contributed by atoms with E-state index in [1.807, 2.05) is 0 Å². The van der Waals surface area contributed by atoms with Crippen LogP contribution in [0.3, 0.4) is 0 Å². The first kappa shape index (κ1) is 18.7. The number of nitro benzene ring substituents is 1. The van der Waals surface area contributed by atoms with Crippen molar-refractivity contribution in [1.29, 1.82) is 0 Å². The van der Waals surface area contributed by atoms with Gasteiger partial charge in [0.1, 0.15) is 13.2 Å². The number of esters is 1. The maximum Gasteiger partial charge on any atom is 0.338 e. The molecule has 1 heterocycles. The molecule has 0 amide bonds. The summed E-state index contributed by atoms with van der Waals surface area (Å²) in [5.41, 5.74) is 0.139. The Kier molecular flexibility index (Phi) is 5.60. The van der Waals surface area contributed by atoms with Crippen LogP contribution in [0.15, 0.2) is 41.3 Å². The monoisotopic (exact) mass is 389 g/mol. The lowest BCUT2D eigenvalue weighted by Gasteiger charge is -2.18. The van der Waals surface area contributed by atoms with Crippen LogP contribution >= 0.6 is 11.8 Å². The van der Waals surface area contributed by atoms with Gasteiger partial charge in [0.15, 0.2) is 23.9 Å². The highest BCUT2D eigenvalue weighted by Crippen LogP contribution is 2.31. The Balaban J connectivity index is 1.67. The maximum atomic E-state index is 12.3. The second-order valence-corrected chi connectivity index (χ2v) is 6.35. The summed E-state index contributed by atoms with van der Waals surface area (Å²) in [7, 11) is 0. The predicted molar refractivity (Wildman–Crippen MR) is 96.9 cm³/mol. The highest BCUT2D eigenvalue weighted by Gasteiger charge is 2.20. The first-order valence-electron chi connectivity index (χ1n) is 7.92. The molecule has 3 rings (SSSR count). The fraction of sp³-hybridized carbons (Fsp3) is 0.222. The number of thioether (sulfide) groups is 1. The van der Waals surface area contributed by atoms with Crippen LogP contribution in [-0.2, 0) is 4.74 Å². The fourth-order valence-corrected chi connectivity index (χ4v) is 3.02. The Morgan fingerprint density at radius 2 is 1.81 bits per heavy atom.